The number of likely N-dealkylation sites (tertiary alicyclic amines) is 1. The normalized spacial score (nSPS) is 20.0. The molecule has 202 valence electrons. The quantitative estimate of drug-likeness (QED) is 0.204. The van der Waals surface area contributed by atoms with Crippen LogP contribution in [0.5, 0.6) is 17.2 Å². The van der Waals surface area contributed by atoms with Gasteiger partial charge in [-0.25, -0.2) is 0 Å². The van der Waals surface area contributed by atoms with Gasteiger partial charge in [-0.2, -0.15) is 0 Å². The highest BCUT2D eigenvalue weighted by Crippen LogP contribution is 2.43. The number of ether oxygens (including phenoxy) is 3. The lowest BCUT2D eigenvalue weighted by atomic mass is 9.94. The van der Waals surface area contributed by atoms with Gasteiger partial charge >= 0.3 is 0 Å². The number of carbonyl (C=O) groups is 2. The minimum Gasteiger partial charge on any atom is -0.507 e. The molecular weight excluding hydrogens is 484 g/mol. The molecule has 1 saturated heterocycles. The number of nitrogens with zero attached hydrogens (tertiary/aromatic N) is 2. The van der Waals surface area contributed by atoms with E-state index in [2.05, 4.69) is 6.58 Å². The van der Waals surface area contributed by atoms with Crippen LogP contribution in [0.1, 0.15) is 43.0 Å². The Hall–Kier alpha value is -3.78. The summed E-state index contributed by atoms with van der Waals surface area (Å²) in [6, 6.07) is 9.94. The highest BCUT2D eigenvalue weighted by molar-refractivity contribution is 6.46. The lowest BCUT2D eigenvalue weighted by molar-refractivity contribution is -0.139. The maximum atomic E-state index is 13.4. The van der Waals surface area contributed by atoms with Gasteiger partial charge in [-0.05, 0) is 82.4 Å². The third-order valence-corrected chi connectivity index (χ3v) is 6.65. The molecule has 2 atom stereocenters. The molecule has 38 heavy (non-hydrogen) atoms. The first-order chi connectivity index (χ1) is 18.2. The average Bonchev–Trinajstić information content (AvgIpc) is 3.38. The van der Waals surface area contributed by atoms with Crippen molar-refractivity contribution in [3.8, 4) is 17.2 Å². The highest BCUT2D eigenvalue weighted by atomic mass is 16.5. The van der Waals surface area contributed by atoms with E-state index in [9.17, 15) is 14.7 Å². The van der Waals surface area contributed by atoms with E-state index < -0.39 is 17.7 Å². The molecule has 2 aliphatic heterocycles. The van der Waals surface area contributed by atoms with Crippen LogP contribution in [0, 0.1) is 0 Å². The lowest BCUT2D eigenvalue weighted by Gasteiger charge is -2.26. The summed E-state index contributed by atoms with van der Waals surface area (Å²) >= 11 is 0. The molecule has 1 N–H and O–H groups in total. The van der Waals surface area contributed by atoms with Crippen molar-refractivity contribution < 1.29 is 28.9 Å². The maximum absolute atomic E-state index is 13.4. The van der Waals surface area contributed by atoms with Crippen LogP contribution in [-0.4, -0.2) is 73.1 Å². The molecule has 2 aliphatic rings. The first-order valence-electron chi connectivity index (χ1n) is 13.0. The van der Waals surface area contributed by atoms with Crippen molar-refractivity contribution in [2.24, 2.45) is 0 Å². The molecule has 0 saturated carbocycles. The first-order valence-corrected chi connectivity index (χ1v) is 13.0. The van der Waals surface area contributed by atoms with Gasteiger partial charge in [0.25, 0.3) is 11.7 Å². The zero-order valence-corrected chi connectivity index (χ0v) is 22.5. The molecule has 1 amide bonds. The zero-order valence-electron chi connectivity index (χ0n) is 22.5. The molecule has 2 aromatic rings. The van der Waals surface area contributed by atoms with Crippen molar-refractivity contribution in [1.29, 1.82) is 0 Å². The van der Waals surface area contributed by atoms with Gasteiger partial charge in [0.05, 0.1) is 18.2 Å². The van der Waals surface area contributed by atoms with Crippen LogP contribution in [0.2, 0.25) is 0 Å². The smallest absolute Gasteiger partial charge is 0.295 e. The minimum absolute atomic E-state index is 0.0449. The molecule has 0 spiro atoms. The second-order valence-corrected chi connectivity index (χ2v) is 9.84. The molecule has 8 nitrogen and oxygen atoms in total. The van der Waals surface area contributed by atoms with E-state index in [0.29, 0.717) is 55.2 Å². The number of ketones is 1. The van der Waals surface area contributed by atoms with Crippen LogP contribution < -0.4 is 14.2 Å². The number of benzene rings is 2. The summed E-state index contributed by atoms with van der Waals surface area (Å²) in [5.74, 6) is 0.273. The Kier molecular flexibility index (Phi) is 8.42. The van der Waals surface area contributed by atoms with Gasteiger partial charge in [-0.1, -0.05) is 18.7 Å². The van der Waals surface area contributed by atoms with Crippen molar-refractivity contribution in [1.82, 2.24) is 9.80 Å². The van der Waals surface area contributed by atoms with Crippen LogP contribution in [0.15, 0.2) is 54.6 Å². The Morgan fingerprint density at radius 2 is 1.97 bits per heavy atom. The molecule has 0 bridgehead atoms. The Bertz CT molecular complexity index is 1250. The van der Waals surface area contributed by atoms with Crippen molar-refractivity contribution in [2.75, 3.05) is 40.4 Å². The van der Waals surface area contributed by atoms with E-state index >= 15 is 0 Å². The molecule has 2 aromatic carbocycles. The van der Waals surface area contributed by atoms with Crippen LogP contribution in [-0.2, 0) is 16.0 Å². The zero-order chi connectivity index (χ0) is 27.4. The van der Waals surface area contributed by atoms with Gasteiger partial charge in [0.2, 0.25) is 0 Å². The fourth-order valence-electron chi connectivity index (χ4n) is 4.97. The van der Waals surface area contributed by atoms with Crippen LogP contribution in [0.25, 0.3) is 5.76 Å². The maximum Gasteiger partial charge on any atom is 0.295 e. The Morgan fingerprint density at radius 3 is 2.68 bits per heavy atom. The number of amides is 1. The molecule has 0 radical (unpaired) electrons. The number of aliphatic hydroxyl groups excluding tert-OH is 1. The van der Waals surface area contributed by atoms with Gasteiger partial charge in [0.15, 0.2) is 11.5 Å². The number of hydrogen-bond donors (Lipinski definition) is 1. The summed E-state index contributed by atoms with van der Waals surface area (Å²) < 4.78 is 17.4. The van der Waals surface area contributed by atoms with E-state index in [0.717, 1.165) is 17.9 Å². The van der Waals surface area contributed by atoms with E-state index in [4.69, 9.17) is 14.2 Å². The van der Waals surface area contributed by atoms with E-state index in [1.807, 2.05) is 45.0 Å². The lowest BCUT2D eigenvalue weighted by Crippen LogP contribution is -2.32. The number of fused-ring (bicyclic) bond motifs is 1. The third kappa shape index (κ3) is 5.55. The average molecular weight is 521 g/mol. The Balaban J connectivity index is 1.81. The molecule has 0 unspecified atom stereocenters. The van der Waals surface area contributed by atoms with Crippen molar-refractivity contribution in [2.45, 2.75) is 38.8 Å². The predicted molar refractivity (Wildman–Crippen MR) is 146 cm³/mol. The standard InChI is InChI=1S/C30H36N2O6/c1-6-15-37-24-12-9-20(18-25(24)36-7-2)27-26(29(34)30(35)32(27)14-8-13-31(4)5)28(33)21-10-11-23-22(17-21)16-19(3)38-23/h6,9-12,17-19,27,33H,1,7-8,13-16H2,2-5H3/t19-,27-/m1/s1. The van der Waals surface area contributed by atoms with Gasteiger partial charge in [-0.3, -0.25) is 9.59 Å². The van der Waals surface area contributed by atoms with Crippen molar-refractivity contribution in [3.05, 3.63) is 71.3 Å². The fourth-order valence-corrected chi connectivity index (χ4v) is 4.97. The van der Waals surface area contributed by atoms with Crippen LogP contribution in [0.3, 0.4) is 0 Å². The second kappa shape index (κ2) is 11.7. The summed E-state index contributed by atoms with van der Waals surface area (Å²) in [6.07, 6.45) is 3.07. The first kappa shape index (κ1) is 27.3. The molecule has 8 heteroatoms. The SMILES string of the molecule is C=CCOc1ccc([C@@H]2C(=C(O)c3ccc4c(c3)C[C@@H](C)O4)C(=O)C(=O)N2CCCN(C)C)cc1OCC. The molecule has 4 rings (SSSR count). The Labute approximate surface area is 224 Å². The number of aliphatic hydroxyl groups is 1. The molecule has 2 heterocycles. The number of Topliss-reactive ketones (excluding diaryl/α,β-unsaturated/α-hetero) is 1. The number of carbonyl (C=O) groups excluding carboxylic acids is 2. The second-order valence-electron chi connectivity index (χ2n) is 9.84. The summed E-state index contributed by atoms with van der Waals surface area (Å²) in [5, 5.41) is 11.5. The van der Waals surface area contributed by atoms with Crippen LogP contribution >= 0.6 is 0 Å². The van der Waals surface area contributed by atoms with E-state index in [1.54, 1.807) is 35.2 Å². The van der Waals surface area contributed by atoms with Gasteiger partial charge < -0.3 is 29.1 Å². The molecule has 0 aromatic heterocycles. The summed E-state index contributed by atoms with van der Waals surface area (Å²) in [7, 11) is 3.92. The van der Waals surface area contributed by atoms with E-state index in [-0.39, 0.29) is 17.4 Å². The molecular formula is C30H36N2O6. The fraction of sp³-hybridized carbons (Fsp3) is 0.400. The molecule has 1 fully saturated rings. The largest absolute Gasteiger partial charge is 0.507 e. The van der Waals surface area contributed by atoms with Crippen LogP contribution in [0.4, 0.5) is 0 Å². The Morgan fingerprint density at radius 1 is 1.18 bits per heavy atom. The third-order valence-electron chi connectivity index (χ3n) is 6.65. The van der Waals surface area contributed by atoms with Crippen molar-refractivity contribution in [3.63, 3.8) is 0 Å². The molecule has 0 aliphatic carbocycles. The number of rotatable bonds is 11. The minimum atomic E-state index is -0.770. The van der Waals surface area contributed by atoms with Crippen molar-refractivity contribution >= 4 is 17.4 Å². The summed E-state index contributed by atoms with van der Waals surface area (Å²) in [5.41, 5.74) is 2.16. The summed E-state index contributed by atoms with van der Waals surface area (Å²) in [6.45, 7) is 9.37. The van der Waals surface area contributed by atoms with Gasteiger partial charge in [0, 0.05) is 18.5 Å². The van der Waals surface area contributed by atoms with Gasteiger partial charge in [-0.15, -0.1) is 0 Å². The topological polar surface area (TPSA) is 88.5 Å². The highest BCUT2D eigenvalue weighted by Gasteiger charge is 2.46. The van der Waals surface area contributed by atoms with E-state index in [1.165, 1.54) is 0 Å². The summed E-state index contributed by atoms with van der Waals surface area (Å²) in [4.78, 5) is 30.3. The predicted octanol–water partition coefficient (Wildman–Crippen LogP) is 4.35. The monoisotopic (exact) mass is 520 g/mol. The van der Waals surface area contributed by atoms with Gasteiger partial charge in [0.1, 0.15) is 24.2 Å². The number of hydrogen-bond acceptors (Lipinski definition) is 7.